The van der Waals surface area contributed by atoms with Crippen LogP contribution < -0.4 is 10.6 Å². The van der Waals surface area contributed by atoms with Crippen molar-refractivity contribution >= 4 is 40.0 Å². The van der Waals surface area contributed by atoms with E-state index in [0.717, 1.165) is 50.5 Å². The van der Waals surface area contributed by atoms with Crippen molar-refractivity contribution in [3.05, 3.63) is 29.8 Å². The summed E-state index contributed by atoms with van der Waals surface area (Å²) in [5, 5.41) is 6.65. The van der Waals surface area contributed by atoms with Gasteiger partial charge in [-0.15, -0.1) is 24.0 Å². The van der Waals surface area contributed by atoms with Gasteiger partial charge in [0.05, 0.1) is 11.4 Å². The SMILES string of the molecule is CCNC(=NCc1ccccc1S(=O)(=O)N1CCN(C)CC1)NCC(CC)CC.I. The number of rotatable bonds is 9. The van der Waals surface area contributed by atoms with E-state index in [4.69, 9.17) is 0 Å². The van der Waals surface area contributed by atoms with Gasteiger partial charge in [-0.25, -0.2) is 13.4 Å². The summed E-state index contributed by atoms with van der Waals surface area (Å²) in [5.41, 5.74) is 0.728. The van der Waals surface area contributed by atoms with Crippen LogP contribution in [0.2, 0.25) is 0 Å². The zero-order valence-electron chi connectivity index (χ0n) is 18.7. The molecule has 0 saturated carbocycles. The number of hydrogen-bond acceptors (Lipinski definition) is 4. The summed E-state index contributed by atoms with van der Waals surface area (Å²) >= 11 is 0. The predicted molar refractivity (Wildman–Crippen MR) is 135 cm³/mol. The van der Waals surface area contributed by atoms with Crippen LogP contribution in [0.25, 0.3) is 0 Å². The predicted octanol–water partition coefficient (Wildman–Crippen LogP) is 2.73. The minimum Gasteiger partial charge on any atom is -0.357 e. The van der Waals surface area contributed by atoms with Gasteiger partial charge in [0.1, 0.15) is 0 Å². The molecule has 0 aliphatic carbocycles. The Hall–Kier alpha value is -0.910. The first-order chi connectivity index (χ1) is 13.9. The van der Waals surface area contributed by atoms with Crippen molar-refractivity contribution < 1.29 is 8.42 Å². The molecule has 2 rings (SSSR count). The second-order valence-corrected chi connectivity index (χ2v) is 9.48. The third-order valence-electron chi connectivity index (χ3n) is 5.52. The van der Waals surface area contributed by atoms with E-state index in [9.17, 15) is 8.42 Å². The highest BCUT2D eigenvalue weighted by Crippen LogP contribution is 2.22. The third kappa shape index (κ3) is 7.65. The average Bonchev–Trinajstić information content (AvgIpc) is 2.73. The maximum Gasteiger partial charge on any atom is 0.243 e. The van der Waals surface area contributed by atoms with Crippen LogP contribution in [-0.2, 0) is 16.6 Å². The highest BCUT2D eigenvalue weighted by atomic mass is 127. The minimum atomic E-state index is -3.51. The highest BCUT2D eigenvalue weighted by Gasteiger charge is 2.29. The number of piperazine rings is 1. The molecule has 1 heterocycles. The van der Waals surface area contributed by atoms with Crippen molar-refractivity contribution in [3.8, 4) is 0 Å². The molecule has 9 heteroatoms. The summed E-state index contributed by atoms with van der Waals surface area (Å²) in [5.74, 6) is 1.33. The standard InChI is InChI=1S/C21H37N5O2S.HI/c1-5-18(6-2)16-23-21(22-7-3)24-17-19-10-8-9-11-20(19)29(27,28)26-14-12-25(4)13-15-26;/h8-11,18H,5-7,12-17H2,1-4H3,(H2,22,23,24);1H. The lowest BCUT2D eigenvalue weighted by Gasteiger charge is -2.32. The molecule has 7 nitrogen and oxygen atoms in total. The van der Waals surface area contributed by atoms with Crippen molar-refractivity contribution in [3.63, 3.8) is 0 Å². The summed E-state index contributed by atoms with van der Waals surface area (Å²) in [6.07, 6.45) is 2.24. The van der Waals surface area contributed by atoms with Crippen LogP contribution in [0.5, 0.6) is 0 Å². The third-order valence-corrected chi connectivity index (χ3v) is 7.52. The highest BCUT2D eigenvalue weighted by molar-refractivity contribution is 14.0. The summed E-state index contributed by atoms with van der Waals surface area (Å²) in [4.78, 5) is 7.17. The lowest BCUT2D eigenvalue weighted by Crippen LogP contribution is -2.47. The lowest BCUT2D eigenvalue weighted by atomic mass is 10.0. The molecule has 1 fully saturated rings. The number of hydrogen-bond donors (Lipinski definition) is 2. The van der Waals surface area contributed by atoms with Crippen molar-refractivity contribution in [2.75, 3.05) is 46.3 Å². The zero-order valence-corrected chi connectivity index (χ0v) is 21.9. The van der Waals surface area contributed by atoms with E-state index in [1.54, 1.807) is 16.4 Å². The number of nitrogens with zero attached hydrogens (tertiary/aromatic N) is 3. The number of benzene rings is 1. The summed E-state index contributed by atoms with van der Waals surface area (Å²) < 4.78 is 28.0. The minimum absolute atomic E-state index is 0. The first kappa shape index (κ1) is 27.1. The number of aliphatic imine (C=N–C) groups is 1. The maximum atomic E-state index is 13.2. The number of nitrogens with one attached hydrogen (secondary N) is 2. The van der Waals surface area contributed by atoms with Gasteiger partial charge in [0.25, 0.3) is 0 Å². The molecule has 0 aromatic heterocycles. The molecule has 30 heavy (non-hydrogen) atoms. The fraction of sp³-hybridized carbons (Fsp3) is 0.667. The number of sulfonamides is 1. The smallest absolute Gasteiger partial charge is 0.243 e. The molecular formula is C21H38IN5O2S. The molecule has 0 spiro atoms. The topological polar surface area (TPSA) is 77.0 Å². The van der Waals surface area contributed by atoms with Crippen LogP contribution >= 0.6 is 24.0 Å². The van der Waals surface area contributed by atoms with E-state index >= 15 is 0 Å². The Morgan fingerprint density at radius 2 is 1.70 bits per heavy atom. The molecule has 1 aromatic rings. The summed E-state index contributed by atoms with van der Waals surface area (Å²) in [6.45, 7) is 10.9. The number of likely N-dealkylation sites (N-methyl/N-ethyl adjacent to an activating group) is 1. The molecule has 1 aromatic carbocycles. The fourth-order valence-electron chi connectivity index (χ4n) is 3.38. The van der Waals surface area contributed by atoms with Crippen LogP contribution in [0.1, 0.15) is 39.2 Å². The number of guanidine groups is 1. The van der Waals surface area contributed by atoms with E-state index in [1.165, 1.54) is 0 Å². The lowest BCUT2D eigenvalue weighted by molar-refractivity contribution is 0.222. The normalized spacial score (nSPS) is 16.4. The molecule has 0 unspecified atom stereocenters. The Morgan fingerprint density at radius 1 is 1.07 bits per heavy atom. The Labute approximate surface area is 199 Å². The molecule has 1 aliphatic rings. The van der Waals surface area contributed by atoms with E-state index < -0.39 is 10.0 Å². The Bertz CT molecular complexity index is 760. The van der Waals surface area contributed by atoms with Gasteiger partial charge in [-0.1, -0.05) is 44.9 Å². The largest absolute Gasteiger partial charge is 0.357 e. The molecule has 2 N–H and O–H groups in total. The van der Waals surface area contributed by atoms with Crippen LogP contribution in [0.15, 0.2) is 34.2 Å². The first-order valence-corrected chi connectivity index (χ1v) is 12.1. The second kappa shape index (κ2) is 13.5. The molecule has 0 bridgehead atoms. The van der Waals surface area contributed by atoms with Crippen molar-refractivity contribution in [2.45, 2.75) is 45.1 Å². The van der Waals surface area contributed by atoms with Gasteiger partial charge in [0.15, 0.2) is 5.96 Å². The van der Waals surface area contributed by atoms with Crippen LogP contribution in [0.3, 0.4) is 0 Å². The average molecular weight is 552 g/mol. The Balaban J connectivity index is 0.00000450. The van der Waals surface area contributed by atoms with E-state index in [2.05, 4.69) is 34.4 Å². The van der Waals surface area contributed by atoms with Gasteiger partial charge in [-0.3, -0.25) is 0 Å². The second-order valence-electron chi connectivity index (χ2n) is 7.57. The monoisotopic (exact) mass is 551 g/mol. The maximum absolute atomic E-state index is 13.2. The number of halogens is 1. The van der Waals surface area contributed by atoms with E-state index in [-0.39, 0.29) is 24.0 Å². The van der Waals surface area contributed by atoms with Crippen molar-refractivity contribution in [1.29, 1.82) is 0 Å². The first-order valence-electron chi connectivity index (χ1n) is 10.7. The Morgan fingerprint density at radius 3 is 2.30 bits per heavy atom. The van der Waals surface area contributed by atoms with Crippen LogP contribution in [-0.4, -0.2) is 69.9 Å². The van der Waals surface area contributed by atoms with Gasteiger partial charge in [0.2, 0.25) is 10.0 Å². The molecular weight excluding hydrogens is 513 g/mol. The molecule has 172 valence electrons. The molecule has 0 atom stereocenters. The quantitative estimate of drug-likeness (QED) is 0.281. The fourth-order valence-corrected chi connectivity index (χ4v) is 5.01. The van der Waals surface area contributed by atoms with E-state index in [1.807, 2.05) is 26.1 Å². The van der Waals surface area contributed by atoms with Crippen LogP contribution in [0, 0.1) is 5.92 Å². The van der Waals surface area contributed by atoms with Crippen molar-refractivity contribution in [2.24, 2.45) is 10.9 Å². The van der Waals surface area contributed by atoms with E-state index in [0.29, 0.717) is 30.4 Å². The summed E-state index contributed by atoms with van der Waals surface area (Å²) in [7, 11) is -1.50. The Kier molecular flexibility index (Phi) is 12.2. The van der Waals surface area contributed by atoms with Gasteiger partial charge < -0.3 is 15.5 Å². The summed E-state index contributed by atoms with van der Waals surface area (Å²) in [6, 6.07) is 7.21. The molecule has 1 aliphatic heterocycles. The van der Waals surface area contributed by atoms with Gasteiger partial charge in [0, 0.05) is 39.3 Å². The van der Waals surface area contributed by atoms with Gasteiger partial charge in [-0.05, 0) is 31.5 Å². The molecule has 0 radical (unpaired) electrons. The zero-order chi connectivity index (χ0) is 21.3. The van der Waals surface area contributed by atoms with Crippen molar-refractivity contribution in [1.82, 2.24) is 19.8 Å². The van der Waals surface area contributed by atoms with Gasteiger partial charge >= 0.3 is 0 Å². The molecule has 1 saturated heterocycles. The molecule has 0 amide bonds. The van der Waals surface area contributed by atoms with Crippen LogP contribution in [0.4, 0.5) is 0 Å². The van der Waals surface area contributed by atoms with Gasteiger partial charge in [-0.2, -0.15) is 4.31 Å².